The third kappa shape index (κ3) is 3.81. The van der Waals surface area contributed by atoms with Gasteiger partial charge >= 0.3 is 0 Å². The van der Waals surface area contributed by atoms with Crippen LogP contribution in [0, 0.1) is 0 Å². The number of carbonyl (C=O) groups excluding carboxylic acids is 2. The van der Waals surface area contributed by atoms with Crippen LogP contribution in [0.15, 0.2) is 48.5 Å². The molecule has 2 aromatic carbocycles. The number of primary amides is 1. The van der Waals surface area contributed by atoms with Crippen molar-refractivity contribution in [3.8, 4) is 5.75 Å². The van der Waals surface area contributed by atoms with Crippen molar-refractivity contribution in [1.29, 1.82) is 0 Å². The lowest BCUT2D eigenvalue weighted by Gasteiger charge is -2.35. The molecule has 0 bridgehead atoms. The van der Waals surface area contributed by atoms with Crippen molar-refractivity contribution in [1.82, 2.24) is 14.5 Å². The lowest BCUT2D eigenvalue weighted by atomic mass is 10.0. The molecule has 1 atom stereocenters. The number of rotatable bonds is 5. The van der Waals surface area contributed by atoms with Crippen LogP contribution in [-0.2, 0) is 11.8 Å². The van der Waals surface area contributed by atoms with Gasteiger partial charge in [0.25, 0.3) is 5.91 Å². The first-order chi connectivity index (χ1) is 14.0. The molecule has 4 rings (SSSR count). The fourth-order valence-electron chi connectivity index (χ4n) is 3.90. The first-order valence-corrected chi connectivity index (χ1v) is 9.78. The van der Waals surface area contributed by atoms with Crippen molar-refractivity contribution < 1.29 is 14.3 Å². The molecule has 2 heterocycles. The normalized spacial score (nSPS) is 16.7. The third-order valence-electron chi connectivity index (χ3n) is 5.44. The first-order valence-electron chi connectivity index (χ1n) is 9.78. The van der Waals surface area contributed by atoms with Gasteiger partial charge < -0.3 is 19.9 Å². The molecule has 7 nitrogen and oxygen atoms in total. The van der Waals surface area contributed by atoms with Gasteiger partial charge in [-0.25, -0.2) is 4.98 Å². The third-order valence-corrected chi connectivity index (χ3v) is 5.44. The molecule has 29 heavy (non-hydrogen) atoms. The second kappa shape index (κ2) is 7.95. The highest BCUT2D eigenvalue weighted by atomic mass is 16.5. The smallest absolute Gasteiger partial charge is 0.261 e. The van der Waals surface area contributed by atoms with Crippen LogP contribution < -0.4 is 10.5 Å². The number of likely N-dealkylation sites (tertiary alicyclic amines) is 1. The van der Waals surface area contributed by atoms with E-state index in [1.165, 1.54) is 0 Å². The number of carbonyl (C=O) groups is 2. The molecule has 150 valence electrons. The Morgan fingerprint density at radius 1 is 1.14 bits per heavy atom. The minimum Gasteiger partial charge on any atom is -0.484 e. The molecule has 1 fully saturated rings. The Bertz CT molecular complexity index is 1040. The topological polar surface area (TPSA) is 90.5 Å². The monoisotopic (exact) mass is 392 g/mol. The van der Waals surface area contributed by atoms with Gasteiger partial charge in [0.05, 0.1) is 17.1 Å². The van der Waals surface area contributed by atoms with Gasteiger partial charge in [0.1, 0.15) is 11.6 Å². The number of aryl methyl sites for hydroxylation is 1. The molecule has 0 saturated carbocycles. The largest absolute Gasteiger partial charge is 0.484 e. The molecule has 3 aromatic rings. The van der Waals surface area contributed by atoms with Crippen LogP contribution in [0.5, 0.6) is 5.75 Å². The Balaban J connectivity index is 1.50. The van der Waals surface area contributed by atoms with Crippen molar-refractivity contribution in [3.05, 3.63) is 59.9 Å². The second-order valence-electron chi connectivity index (χ2n) is 7.29. The van der Waals surface area contributed by atoms with E-state index in [1.54, 1.807) is 24.3 Å². The maximum absolute atomic E-state index is 12.9. The van der Waals surface area contributed by atoms with Crippen LogP contribution in [0.25, 0.3) is 11.0 Å². The molecule has 1 aromatic heterocycles. The minimum atomic E-state index is -0.494. The maximum Gasteiger partial charge on any atom is 0.261 e. The zero-order valence-corrected chi connectivity index (χ0v) is 16.4. The zero-order valence-electron chi connectivity index (χ0n) is 16.4. The Morgan fingerprint density at radius 3 is 2.62 bits per heavy atom. The van der Waals surface area contributed by atoms with E-state index in [2.05, 4.69) is 4.57 Å². The maximum atomic E-state index is 12.9. The molecule has 7 heteroatoms. The SMILES string of the molecule is Cn1c(C2CCCCN2C(=O)COc2ccc(C(N)=O)cc2)nc2ccccc21. The summed E-state index contributed by atoms with van der Waals surface area (Å²) >= 11 is 0. The van der Waals surface area contributed by atoms with Crippen LogP contribution in [0.3, 0.4) is 0 Å². The van der Waals surface area contributed by atoms with Crippen LogP contribution in [0.4, 0.5) is 0 Å². The summed E-state index contributed by atoms with van der Waals surface area (Å²) in [7, 11) is 2.00. The van der Waals surface area contributed by atoms with Gasteiger partial charge in [0.15, 0.2) is 6.61 Å². The summed E-state index contributed by atoms with van der Waals surface area (Å²) in [6, 6.07) is 14.4. The van der Waals surface area contributed by atoms with Crippen molar-refractivity contribution in [2.24, 2.45) is 12.8 Å². The fraction of sp³-hybridized carbons (Fsp3) is 0.318. The molecule has 1 aliphatic rings. The molecule has 2 amide bonds. The number of imidazole rings is 1. The van der Waals surface area contributed by atoms with E-state index in [4.69, 9.17) is 15.5 Å². The number of hydrogen-bond donors (Lipinski definition) is 1. The summed E-state index contributed by atoms with van der Waals surface area (Å²) in [6.07, 6.45) is 2.92. The molecule has 2 N–H and O–H groups in total. The molecule has 1 saturated heterocycles. The van der Waals surface area contributed by atoms with E-state index in [9.17, 15) is 9.59 Å². The highest BCUT2D eigenvalue weighted by Crippen LogP contribution is 2.32. The van der Waals surface area contributed by atoms with E-state index < -0.39 is 5.91 Å². The molecule has 0 aliphatic carbocycles. The number of amides is 2. The quantitative estimate of drug-likeness (QED) is 0.723. The van der Waals surface area contributed by atoms with E-state index in [0.717, 1.165) is 36.1 Å². The molecule has 0 radical (unpaired) electrons. The van der Waals surface area contributed by atoms with Crippen LogP contribution in [0.2, 0.25) is 0 Å². The van der Waals surface area contributed by atoms with Crippen molar-refractivity contribution >= 4 is 22.8 Å². The highest BCUT2D eigenvalue weighted by Gasteiger charge is 2.31. The number of nitrogens with two attached hydrogens (primary N) is 1. The number of ether oxygens (including phenoxy) is 1. The van der Waals surface area contributed by atoms with Crippen LogP contribution in [0.1, 0.15) is 41.5 Å². The number of para-hydroxylation sites is 2. The molecular formula is C22H24N4O3. The number of aromatic nitrogens is 2. The van der Waals surface area contributed by atoms with Crippen molar-refractivity contribution in [2.45, 2.75) is 25.3 Å². The van der Waals surface area contributed by atoms with Crippen LogP contribution >= 0.6 is 0 Å². The highest BCUT2D eigenvalue weighted by molar-refractivity contribution is 5.92. The number of benzene rings is 2. The Morgan fingerprint density at radius 2 is 1.90 bits per heavy atom. The Hall–Kier alpha value is -3.35. The molecule has 1 aliphatic heterocycles. The Kier molecular flexibility index (Phi) is 5.20. The standard InChI is InChI=1S/C22H24N4O3/c1-25-18-7-3-2-6-17(18)24-22(25)19-8-4-5-13-26(19)20(27)14-29-16-11-9-15(10-12-16)21(23)28/h2-3,6-7,9-12,19H,4-5,8,13-14H2,1H3,(H2,23,28). The summed E-state index contributed by atoms with van der Waals surface area (Å²) < 4.78 is 7.74. The fourth-order valence-corrected chi connectivity index (χ4v) is 3.90. The van der Waals surface area contributed by atoms with E-state index in [-0.39, 0.29) is 18.6 Å². The predicted molar refractivity (Wildman–Crippen MR) is 109 cm³/mol. The van der Waals surface area contributed by atoms with Gasteiger partial charge in [-0.1, -0.05) is 12.1 Å². The summed E-state index contributed by atoms with van der Waals surface area (Å²) in [5.41, 5.74) is 7.65. The van der Waals surface area contributed by atoms with Crippen molar-refractivity contribution in [2.75, 3.05) is 13.2 Å². The summed E-state index contributed by atoms with van der Waals surface area (Å²) in [5.74, 6) is 0.872. The number of piperidine rings is 1. The van der Waals surface area contributed by atoms with Gasteiger partial charge in [-0.05, 0) is 55.7 Å². The lowest BCUT2D eigenvalue weighted by molar-refractivity contribution is -0.137. The van der Waals surface area contributed by atoms with E-state index in [1.807, 2.05) is 36.2 Å². The minimum absolute atomic E-state index is 0.0592. The number of nitrogens with zero attached hydrogens (tertiary/aromatic N) is 3. The van der Waals surface area contributed by atoms with Gasteiger partial charge in [-0.3, -0.25) is 9.59 Å². The van der Waals surface area contributed by atoms with Crippen molar-refractivity contribution in [3.63, 3.8) is 0 Å². The number of fused-ring (bicyclic) bond motifs is 1. The Labute approximate surface area is 169 Å². The summed E-state index contributed by atoms with van der Waals surface area (Å²) in [6.45, 7) is 0.632. The molecular weight excluding hydrogens is 368 g/mol. The number of hydrogen-bond acceptors (Lipinski definition) is 4. The van der Waals surface area contributed by atoms with Gasteiger partial charge in [-0.15, -0.1) is 0 Å². The molecule has 0 spiro atoms. The van der Waals surface area contributed by atoms with Crippen LogP contribution in [-0.4, -0.2) is 39.4 Å². The summed E-state index contributed by atoms with van der Waals surface area (Å²) in [5, 5.41) is 0. The summed E-state index contributed by atoms with van der Waals surface area (Å²) in [4.78, 5) is 30.8. The van der Waals surface area contributed by atoms with E-state index >= 15 is 0 Å². The van der Waals surface area contributed by atoms with Gasteiger partial charge in [0, 0.05) is 19.2 Å². The second-order valence-corrected chi connectivity index (χ2v) is 7.29. The van der Waals surface area contributed by atoms with Gasteiger partial charge in [0.2, 0.25) is 5.91 Å². The average Bonchev–Trinajstić information content (AvgIpc) is 3.09. The van der Waals surface area contributed by atoms with Gasteiger partial charge in [-0.2, -0.15) is 0 Å². The lowest BCUT2D eigenvalue weighted by Crippen LogP contribution is -2.42. The zero-order chi connectivity index (χ0) is 20.4. The first kappa shape index (κ1) is 19.0. The van der Waals surface area contributed by atoms with E-state index in [0.29, 0.717) is 17.9 Å². The molecule has 1 unspecified atom stereocenters. The average molecular weight is 392 g/mol. The predicted octanol–water partition coefficient (Wildman–Crippen LogP) is 2.80.